The highest BCUT2D eigenvalue weighted by atomic mass is 16.4. The summed E-state index contributed by atoms with van der Waals surface area (Å²) in [6, 6.07) is 0. The summed E-state index contributed by atoms with van der Waals surface area (Å²) in [5.41, 5.74) is -0.0706. The molecule has 80 valence electrons. The molecular weight excluding hydrogens is 176 g/mol. The van der Waals surface area contributed by atoms with E-state index >= 15 is 0 Å². The first kappa shape index (κ1) is 11.3. The van der Waals surface area contributed by atoms with Gasteiger partial charge in [0.1, 0.15) is 0 Å². The van der Waals surface area contributed by atoms with Gasteiger partial charge in [-0.1, -0.05) is 32.3 Å². The third-order valence-electron chi connectivity index (χ3n) is 3.67. The van der Waals surface area contributed by atoms with Crippen molar-refractivity contribution in [2.24, 2.45) is 11.3 Å². The van der Waals surface area contributed by atoms with Crippen molar-refractivity contribution in [3.05, 3.63) is 12.7 Å². The molecule has 0 bridgehead atoms. The Kier molecular flexibility index (Phi) is 3.73. The molecule has 0 aliphatic heterocycles. The third kappa shape index (κ3) is 2.17. The smallest absolute Gasteiger partial charge is 0.0448 e. The number of carboxylic acid groups (broad SMARTS) is 1. The van der Waals surface area contributed by atoms with Crippen LogP contribution in [0.15, 0.2) is 12.7 Å². The number of rotatable bonds is 4. The van der Waals surface area contributed by atoms with Gasteiger partial charge in [0.15, 0.2) is 0 Å². The van der Waals surface area contributed by atoms with E-state index in [0.717, 1.165) is 32.1 Å². The molecule has 1 aliphatic rings. The number of hydrogen-bond donors (Lipinski definition) is 0. The molecule has 0 radical (unpaired) electrons. The zero-order valence-electron chi connectivity index (χ0n) is 8.92. The molecule has 1 saturated carbocycles. The van der Waals surface area contributed by atoms with E-state index in [0.29, 0.717) is 0 Å². The van der Waals surface area contributed by atoms with Gasteiger partial charge in [-0.2, -0.15) is 0 Å². The highest BCUT2D eigenvalue weighted by Gasteiger charge is 2.36. The van der Waals surface area contributed by atoms with Crippen molar-refractivity contribution in [1.29, 1.82) is 0 Å². The van der Waals surface area contributed by atoms with Crippen LogP contribution in [0.3, 0.4) is 0 Å². The van der Waals surface area contributed by atoms with Gasteiger partial charge in [-0.05, 0) is 24.7 Å². The van der Waals surface area contributed by atoms with Crippen LogP contribution in [-0.4, -0.2) is 5.97 Å². The van der Waals surface area contributed by atoms with Crippen LogP contribution >= 0.6 is 0 Å². The highest BCUT2D eigenvalue weighted by Crippen LogP contribution is 2.45. The van der Waals surface area contributed by atoms with Crippen molar-refractivity contribution < 1.29 is 9.90 Å². The van der Waals surface area contributed by atoms with Gasteiger partial charge in [0, 0.05) is 11.9 Å². The lowest BCUT2D eigenvalue weighted by Crippen LogP contribution is -2.42. The summed E-state index contributed by atoms with van der Waals surface area (Å²) in [7, 11) is 0. The average Bonchev–Trinajstić information content (AvgIpc) is 2.18. The van der Waals surface area contributed by atoms with E-state index in [1.165, 1.54) is 6.42 Å². The molecule has 2 heteroatoms. The minimum atomic E-state index is -0.909. The lowest BCUT2D eigenvalue weighted by Gasteiger charge is -2.42. The standard InChI is InChI=1S/C12H20O2/c1-3-7-12(10(2)11(13)14)8-5-4-6-9-12/h3,10H,1,4-9H2,2H3,(H,13,14)/p-1. The van der Waals surface area contributed by atoms with E-state index in [1.807, 2.05) is 6.08 Å². The molecule has 0 heterocycles. The molecule has 1 unspecified atom stereocenters. The van der Waals surface area contributed by atoms with Crippen LogP contribution in [0.4, 0.5) is 0 Å². The van der Waals surface area contributed by atoms with Gasteiger partial charge >= 0.3 is 0 Å². The lowest BCUT2D eigenvalue weighted by atomic mass is 9.64. The maximum Gasteiger partial charge on any atom is 0.0448 e. The maximum absolute atomic E-state index is 10.9. The van der Waals surface area contributed by atoms with E-state index in [1.54, 1.807) is 6.92 Å². The highest BCUT2D eigenvalue weighted by molar-refractivity contribution is 5.68. The normalized spacial score (nSPS) is 22.6. The Balaban J connectivity index is 2.78. The fraction of sp³-hybridized carbons (Fsp3) is 0.750. The fourth-order valence-corrected chi connectivity index (χ4v) is 2.61. The van der Waals surface area contributed by atoms with Crippen LogP contribution in [0.2, 0.25) is 0 Å². The predicted octanol–water partition coefficient (Wildman–Crippen LogP) is 1.90. The second kappa shape index (κ2) is 4.63. The molecular formula is C12H19O2-. The molecule has 2 nitrogen and oxygen atoms in total. The Hall–Kier alpha value is -0.790. The first-order chi connectivity index (χ1) is 6.62. The van der Waals surface area contributed by atoms with Crippen molar-refractivity contribution in [3.63, 3.8) is 0 Å². The maximum atomic E-state index is 10.9. The Labute approximate surface area is 86.0 Å². The van der Waals surface area contributed by atoms with Gasteiger partial charge in [-0.25, -0.2) is 0 Å². The Morgan fingerprint density at radius 2 is 2.07 bits per heavy atom. The lowest BCUT2D eigenvalue weighted by molar-refractivity contribution is -0.315. The number of aliphatic carboxylic acids is 1. The number of carbonyl (C=O) groups excluding carboxylic acids is 1. The first-order valence-corrected chi connectivity index (χ1v) is 5.44. The number of carboxylic acids is 1. The van der Waals surface area contributed by atoms with Crippen molar-refractivity contribution in [3.8, 4) is 0 Å². The Morgan fingerprint density at radius 3 is 2.50 bits per heavy atom. The van der Waals surface area contributed by atoms with Crippen LogP contribution in [-0.2, 0) is 4.79 Å². The quantitative estimate of drug-likeness (QED) is 0.643. The zero-order chi connectivity index (χ0) is 10.6. The SMILES string of the molecule is C=CCC1(C(C)C(=O)[O-])CCCCC1. The Morgan fingerprint density at radius 1 is 1.50 bits per heavy atom. The second-order valence-corrected chi connectivity index (χ2v) is 4.46. The first-order valence-electron chi connectivity index (χ1n) is 5.44. The average molecular weight is 195 g/mol. The fourth-order valence-electron chi connectivity index (χ4n) is 2.61. The molecule has 1 aliphatic carbocycles. The van der Waals surface area contributed by atoms with Crippen molar-refractivity contribution in [2.75, 3.05) is 0 Å². The molecule has 0 aromatic heterocycles. The molecule has 1 atom stereocenters. The summed E-state index contributed by atoms with van der Waals surface area (Å²) in [6.45, 7) is 5.51. The number of hydrogen-bond acceptors (Lipinski definition) is 2. The van der Waals surface area contributed by atoms with Gasteiger partial charge in [-0.15, -0.1) is 6.58 Å². The summed E-state index contributed by atoms with van der Waals surface area (Å²) in [5.74, 6) is -1.26. The van der Waals surface area contributed by atoms with Gasteiger partial charge < -0.3 is 9.90 Å². The van der Waals surface area contributed by atoms with Crippen molar-refractivity contribution in [1.82, 2.24) is 0 Å². The monoisotopic (exact) mass is 195 g/mol. The summed E-state index contributed by atoms with van der Waals surface area (Å²) in [6.07, 6.45) is 8.20. The topological polar surface area (TPSA) is 40.1 Å². The minimum Gasteiger partial charge on any atom is -0.550 e. The van der Waals surface area contributed by atoms with E-state index in [2.05, 4.69) is 6.58 Å². The molecule has 1 rings (SSSR count). The molecule has 14 heavy (non-hydrogen) atoms. The molecule has 0 spiro atoms. The van der Waals surface area contributed by atoms with Crippen LogP contribution in [0.1, 0.15) is 45.4 Å². The van der Waals surface area contributed by atoms with Gasteiger partial charge in [0.25, 0.3) is 0 Å². The van der Waals surface area contributed by atoms with Crippen LogP contribution in [0.25, 0.3) is 0 Å². The number of carbonyl (C=O) groups is 1. The number of allylic oxidation sites excluding steroid dienone is 1. The summed E-state index contributed by atoms with van der Waals surface area (Å²) in [5, 5.41) is 10.9. The van der Waals surface area contributed by atoms with E-state index in [4.69, 9.17) is 0 Å². The van der Waals surface area contributed by atoms with Crippen molar-refractivity contribution in [2.45, 2.75) is 45.4 Å². The zero-order valence-corrected chi connectivity index (χ0v) is 8.92. The van der Waals surface area contributed by atoms with E-state index in [-0.39, 0.29) is 11.3 Å². The second-order valence-electron chi connectivity index (χ2n) is 4.46. The van der Waals surface area contributed by atoms with Crippen molar-refractivity contribution >= 4 is 5.97 Å². The van der Waals surface area contributed by atoms with Crippen LogP contribution < -0.4 is 5.11 Å². The molecule has 0 amide bonds. The summed E-state index contributed by atoms with van der Waals surface area (Å²) >= 11 is 0. The summed E-state index contributed by atoms with van der Waals surface area (Å²) < 4.78 is 0. The molecule has 0 aromatic carbocycles. The molecule has 0 N–H and O–H groups in total. The predicted molar refractivity (Wildman–Crippen MR) is 54.5 cm³/mol. The molecule has 0 aromatic rings. The Bertz CT molecular complexity index is 214. The molecule has 1 fully saturated rings. The van der Waals surface area contributed by atoms with Gasteiger partial charge in [0.05, 0.1) is 0 Å². The van der Waals surface area contributed by atoms with Gasteiger partial charge in [0.2, 0.25) is 0 Å². The van der Waals surface area contributed by atoms with E-state index < -0.39 is 5.97 Å². The van der Waals surface area contributed by atoms with Crippen LogP contribution in [0.5, 0.6) is 0 Å². The molecule has 0 saturated heterocycles. The minimum absolute atomic E-state index is 0.0706. The van der Waals surface area contributed by atoms with E-state index in [9.17, 15) is 9.90 Å². The van der Waals surface area contributed by atoms with Gasteiger partial charge in [-0.3, -0.25) is 0 Å². The summed E-state index contributed by atoms with van der Waals surface area (Å²) in [4.78, 5) is 10.9. The largest absolute Gasteiger partial charge is 0.550 e. The third-order valence-corrected chi connectivity index (χ3v) is 3.67. The van der Waals surface area contributed by atoms with Crippen LogP contribution in [0, 0.1) is 11.3 Å².